The van der Waals surface area contributed by atoms with Crippen LogP contribution in [0.5, 0.6) is 0 Å². The molecule has 2 N–H and O–H groups in total. The number of rotatable bonds is 5. The molecule has 1 aromatic carbocycles. The lowest BCUT2D eigenvalue weighted by Gasteiger charge is -2.06. The lowest BCUT2D eigenvalue weighted by Crippen LogP contribution is -2.23. The quantitative estimate of drug-likeness (QED) is 0.726. The normalized spacial score (nSPS) is 14.7. The van der Waals surface area contributed by atoms with E-state index in [4.69, 9.17) is 10.1 Å². The smallest absolute Gasteiger partial charge is 0.313 e. The van der Waals surface area contributed by atoms with Crippen LogP contribution in [0.25, 0.3) is 11.4 Å². The first kappa shape index (κ1) is 17.5. The van der Waals surface area contributed by atoms with Crippen LogP contribution in [-0.4, -0.2) is 24.7 Å². The predicted molar refractivity (Wildman–Crippen MR) is 103 cm³/mol. The van der Waals surface area contributed by atoms with E-state index in [1.54, 1.807) is 4.68 Å². The highest BCUT2D eigenvalue weighted by atomic mass is 16.2. The summed E-state index contributed by atoms with van der Waals surface area (Å²) < 4.78 is 1.78. The summed E-state index contributed by atoms with van der Waals surface area (Å²) in [6.07, 6.45) is 6.94. The van der Waals surface area contributed by atoms with Gasteiger partial charge < -0.3 is 4.98 Å². The average Bonchev–Trinajstić information content (AvgIpc) is 3.32. The number of H-pyrrole nitrogens is 2. The molecule has 1 aliphatic rings. The Labute approximate surface area is 156 Å². The molecular formula is C20H23N5O2. The van der Waals surface area contributed by atoms with E-state index in [-0.39, 0.29) is 0 Å². The van der Waals surface area contributed by atoms with Gasteiger partial charge in [-0.15, -0.1) is 0 Å². The third-order valence-corrected chi connectivity index (χ3v) is 5.23. The van der Waals surface area contributed by atoms with Gasteiger partial charge in [0.25, 0.3) is 5.56 Å². The van der Waals surface area contributed by atoms with Crippen LogP contribution in [0, 0.1) is 0 Å². The van der Waals surface area contributed by atoms with Gasteiger partial charge in [0.05, 0.1) is 6.54 Å². The number of nitrogens with zero attached hydrogens (tertiary/aromatic N) is 3. The number of aromatic amines is 2. The van der Waals surface area contributed by atoms with Gasteiger partial charge in [0, 0.05) is 12.1 Å². The molecule has 0 saturated heterocycles. The zero-order valence-electron chi connectivity index (χ0n) is 15.4. The van der Waals surface area contributed by atoms with E-state index >= 15 is 0 Å². The van der Waals surface area contributed by atoms with Crippen molar-refractivity contribution in [3.8, 4) is 11.4 Å². The molecule has 0 radical (unpaired) electrons. The molecule has 0 unspecified atom stereocenters. The average molecular weight is 365 g/mol. The summed E-state index contributed by atoms with van der Waals surface area (Å²) in [7, 11) is 0. The molecule has 4 rings (SSSR count). The monoisotopic (exact) mass is 365 g/mol. The summed E-state index contributed by atoms with van der Waals surface area (Å²) in [5, 5.41) is 4.73. The molecule has 0 aliphatic heterocycles. The number of aromatic nitrogens is 5. The topological polar surface area (TPSA) is 96.4 Å². The van der Waals surface area contributed by atoms with Crippen molar-refractivity contribution in [3.63, 3.8) is 0 Å². The molecule has 7 heteroatoms. The maximum atomic E-state index is 12.3. The zero-order valence-corrected chi connectivity index (χ0v) is 15.4. The molecule has 27 heavy (non-hydrogen) atoms. The maximum absolute atomic E-state index is 12.3. The third-order valence-electron chi connectivity index (χ3n) is 5.23. The molecule has 140 valence electrons. The minimum Gasteiger partial charge on any atom is -0.313 e. The molecule has 0 bridgehead atoms. The van der Waals surface area contributed by atoms with Gasteiger partial charge in [-0.25, -0.2) is 14.5 Å². The first-order valence-corrected chi connectivity index (χ1v) is 9.49. The van der Waals surface area contributed by atoms with Crippen LogP contribution in [0.1, 0.15) is 55.5 Å². The minimum atomic E-state index is -0.527. The number of benzene rings is 1. The number of nitrogens with one attached hydrogen (secondary N) is 2. The van der Waals surface area contributed by atoms with Gasteiger partial charge in [0.15, 0.2) is 11.6 Å². The van der Waals surface area contributed by atoms with E-state index in [1.807, 2.05) is 0 Å². The van der Waals surface area contributed by atoms with Crippen molar-refractivity contribution < 1.29 is 0 Å². The molecular weight excluding hydrogens is 342 g/mol. The zero-order chi connectivity index (χ0) is 18.8. The maximum Gasteiger partial charge on any atom is 0.325 e. The van der Waals surface area contributed by atoms with Crippen LogP contribution >= 0.6 is 0 Å². The molecule has 7 nitrogen and oxygen atoms in total. The standard InChI is InChI=1S/C20H23N5O2/c1-2-13-7-9-14(10-8-13)12-25-18(16-11-21-20(27)23-19(16)26)22-17(24-25)15-5-3-4-6-15/h7-11,15H,2-6,12H2,1H3,(H2,21,23,26,27). The van der Waals surface area contributed by atoms with Crippen LogP contribution in [0.2, 0.25) is 0 Å². The third kappa shape index (κ3) is 3.63. The molecule has 2 heterocycles. The fourth-order valence-corrected chi connectivity index (χ4v) is 3.66. The second-order valence-electron chi connectivity index (χ2n) is 7.09. The van der Waals surface area contributed by atoms with E-state index in [2.05, 4.69) is 41.2 Å². The lowest BCUT2D eigenvalue weighted by molar-refractivity contribution is 0.626. The highest BCUT2D eigenvalue weighted by Crippen LogP contribution is 2.33. The summed E-state index contributed by atoms with van der Waals surface area (Å²) in [6.45, 7) is 2.65. The Morgan fingerprint density at radius 1 is 1.11 bits per heavy atom. The van der Waals surface area contributed by atoms with E-state index in [9.17, 15) is 9.59 Å². The van der Waals surface area contributed by atoms with E-state index in [0.717, 1.165) is 30.7 Å². The fraction of sp³-hybridized carbons (Fsp3) is 0.400. The molecule has 0 amide bonds. The molecule has 1 saturated carbocycles. The van der Waals surface area contributed by atoms with Crippen LogP contribution in [0.4, 0.5) is 0 Å². The van der Waals surface area contributed by atoms with Crippen LogP contribution < -0.4 is 11.2 Å². The Morgan fingerprint density at radius 2 is 1.81 bits per heavy atom. The van der Waals surface area contributed by atoms with Gasteiger partial charge in [-0.05, 0) is 30.4 Å². The van der Waals surface area contributed by atoms with Gasteiger partial charge in [-0.1, -0.05) is 44.0 Å². The minimum absolute atomic E-state index is 0.330. The van der Waals surface area contributed by atoms with Gasteiger partial charge in [-0.2, -0.15) is 5.10 Å². The van der Waals surface area contributed by atoms with Gasteiger partial charge in [0.1, 0.15) is 5.56 Å². The molecule has 0 spiro atoms. The molecule has 0 atom stereocenters. The number of hydrogen-bond donors (Lipinski definition) is 2. The predicted octanol–water partition coefficient (Wildman–Crippen LogP) is 2.59. The summed E-state index contributed by atoms with van der Waals surface area (Å²) in [5.41, 5.74) is 1.72. The summed E-state index contributed by atoms with van der Waals surface area (Å²) in [4.78, 5) is 33.2. The summed E-state index contributed by atoms with van der Waals surface area (Å²) in [5.74, 6) is 1.63. The van der Waals surface area contributed by atoms with Crippen molar-refractivity contribution in [2.75, 3.05) is 0 Å². The molecule has 3 aromatic rings. The van der Waals surface area contributed by atoms with Gasteiger partial charge >= 0.3 is 5.69 Å². The van der Waals surface area contributed by atoms with Crippen LogP contribution in [0.15, 0.2) is 40.1 Å². The second-order valence-corrected chi connectivity index (χ2v) is 7.09. The Kier molecular flexibility index (Phi) is 4.75. The van der Waals surface area contributed by atoms with Crippen molar-refractivity contribution in [1.29, 1.82) is 0 Å². The Bertz CT molecular complexity index is 1040. The lowest BCUT2D eigenvalue weighted by atomic mass is 10.1. The number of aryl methyl sites for hydroxylation is 1. The highest BCUT2D eigenvalue weighted by Gasteiger charge is 2.24. The second kappa shape index (κ2) is 7.34. The first-order chi connectivity index (χ1) is 13.1. The highest BCUT2D eigenvalue weighted by molar-refractivity contribution is 5.52. The van der Waals surface area contributed by atoms with Crippen molar-refractivity contribution in [2.45, 2.75) is 51.5 Å². The van der Waals surface area contributed by atoms with Crippen molar-refractivity contribution >= 4 is 0 Å². The first-order valence-electron chi connectivity index (χ1n) is 9.49. The molecule has 1 fully saturated rings. The van der Waals surface area contributed by atoms with Crippen molar-refractivity contribution in [2.24, 2.45) is 0 Å². The Morgan fingerprint density at radius 3 is 2.48 bits per heavy atom. The summed E-state index contributed by atoms with van der Waals surface area (Å²) in [6, 6.07) is 8.38. The fourth-order valence-electron chi connectivity index (χ4n) is 3.66. The van der Waals surface area contributed by atoms with Crippen molar-refractivity contribution in [1.82, 2.24) is 24.7 Å². The molecule has 2 aromatic heterocycles. The van der Waals surface area contributed by atoms with Crippen LogP contribution in [-0.2, 0) is 13.0 Å². The van der Waals surface area contributed by atoms with Crippen molar-refractivity contribution in [3.05, 3.63) is 68.3 Å². The van der Waals surface area contributed by atoms with E-state index in [1.165, 1.54) is 24.6 Å². The van der Waals surface area contributed by atoms with Crippen LogP contribution in [0.3, 0.4) is 0 Å². The van der Waals surface area contributed by atoms with Gasteiger partial charge in [0.2, 0.25) is 0 Å². The van der Waals surface area contributed by atoms with Gasteiger partial charge in [-0.3, -0.25) is 9.78 Å². The SMILES string of the molecule is CCc1ccc(Cn2nc(C3CCCC3)nc2-c2c[nH]c(=O)[nH]c2=O)cc1. The Balaban J connectivity index is 1.75. The Hall–Kier alpha value is -2.96. The largest absolute Gasteiger partial charge is 0.325 e. The summed E-state index contributed by atoms with van der Waals surface area (Å²) >= 11 is 0. The number of hydrogen-bond acceptors (Lipinski definition) is 4. The van der Waals surface area contributed by atoms with E-state index < -0.39 is 11.2 Å². The van der Waals surface area contributed by atoms with E-state index in [0.29, 0.717) is 23.9 Å². The molecule has 1 aliphatic carbocycles.